The van der Waals surface area contributed by atoms with Crippen LogP contribution in [0, 0.1) is 0 Å². The fourth-order valence-electron chi connectivity index (χ4n) is 0.752. The number of rotatable bonds is 5. The third kappa shape index (κ3) is 8.61. The predicted molar refractivity (Wildman–Crippen MR) is 48.9 cm³/mol. The Balaban J connectivity index is 3.32. The molecule has 6 heteroatoms. The second kappa shape index (κ2) is 6.24. The second-order valence-corrected chi connectivity index (χ2v) is 2.82. The molecular formula is C7H16N4O2. The zero-order chi connectivity index (χ0) is 10.3. The second-order valence-electron chi connectivity index (χ2n) is 2.82. The van der Waals surface area contributed by atoms with Crippen LogP contribution >= 0.6 is 0 Å². The van der Waals surface area contributed by atoms with Crippen molar-refractivity contribution < 1.29 is 9.59 Å². The Morgan fingerprint density at radius 1 is 1.31 bits per heavy atom. The van der Waals surface area contributed by atoms with Crippen molar-refractivity contribution in [1.82, 2.24) is 10.6 Å². The molecule has 0 heterocycles. The molecule has 0 bridgehead atoms. The van der Waals surface area contributed by atoms with Gasteiger partial charge < -0.3 is 22.1 Å². The number of amides is 3. The zero-order valence-corrected chi connectivity index (χ0v) is 7.67. The Morgan fingerprint density at radius 2 is 1.85 bits per heavy atom. The van der Waals surface area contributed by atoms with Crippen LogP contribution in [-0.4, -0.2) is 31.1 Å². The molecule has 0 radical (unpaired) electrons. The van der Waals surface area contributed by atoms with Gasteiger partial charge in [-0.3, -0.25) is 4.79 Å². The standard InChI is InChI=1S/C7H16N4O2/c1-5(8)4-6(12)10-2-3-11-7(9)13/h5H,2-4,8H2,1H3,(H,10,12)(H3,9,11,13). The van der Waals surface area contributed by atoms with Gasteiger partial charge in [0, 0.05) is 25.6 Å². The zero-order valence-electron chi connectivity index (χ0n) is 7.67. The molecule has 1 atom stereocenters. The summed E-state index contributed by atoms with van der Waals surface area (Å²) in [5.41, 5.74) is 10.2. The number of hydrogen-bond acceptors (Lipinski definition) is 3. The van der Waals surface area contributed by atoms with E-state index >= 15 is 0 Å². The van der Waals surface area contributed by atoms with Gasteiger partial charge in [-0.05, 0) is 6.92 Å². The number of urea groups is 1. The van der Waals surface area contributed by atoms with Crippen molar-refractivity contribution in [1.29, 1.82) is 0 Å². The number of hydrogen-bond donors (Lipinski definition) is 4. The highest BCUT2D eigenvalue weighted by Gasteiger charge is 2.03. The lowest BCUT2D eigenvalue weighted by molar-refractivity contribution is -0.121. The number of nitrogens with two attached hydrogens (primary N) is 2. The molecule has 0 aromatic carbocycles. The van der Waals surface area contributed by atoms with E-state index in [2.05, 4.69) is 10.6 Å². The maximum Gasteiger partial charge on any atom is 0.312 e. The average Bonchev–Trinajstić information content (AvgIpc) is 1.96. The van der Waals surface area contributed by atoms with Crippen LogP contribution < -0.4 is 22.1 Å². The maximum atomic E-state index is 11.0. The van der Waals surface area contributed by atoms with Crippen molar-refractivity contribution in [2.24, 2.45) is 11.5 Å². The lowest BCUT2D eigenvalue weighted by Crippen LogP contribution is -2.38. The summed E-state index contributed by atoms with van der Waals surface area (Å²) in [6.45, 7) is 2.45. The average molecular weight is 188 g/mol. The molecule has 0 fully saturated rings. The summed E-state index contributed by atoms with van der Waals surface area (Å²) in [5.74, 6) is -0.124. The van der Waals surface area contributed by atoms with Gasteiger partial charge in [-0.2, -0.15) is 0 Å². The first-order chi connectivity index (χ1) is 6.02. The molecule has 0 aliphatic rings. The molecule has 6 N–H and O–H groups in total. The Kier molecular flexibility index (Phi) is 5.62. The van der Waals surface area contributed by atoms with Crippen LogP contribution in [-0.2, 0) is 4.79 Å². The fourth-order valence-corrected chi connectivity index (χ4v) is 0.752. The van der Waals surface area contributed by atoms with E-state index in [0.29, 0.717) is 13.1 Å². The van der Waals surface area contributed by atoms with E-state index in [1.54, 1.807) is 6.92 Å². The highest BCUT2D eigenvalue weighted by atomic mass is 16.2. The lowest BCUT2D eigenvalue weighted by Gasteiger charge is -2.06. The topological polar surface area (TPSA) is 110 Å². The minimum absolute atomic E-state index is 0.124. The number of carbonyl (C=O) groups is 2. The molecule has 76 valence electrons. The van der Waals surface area contributed by atoms with E-state index in [1.165, 1.54) is 0 Å². The van der Waals surface area contributed by atoms with Crippen LogP contribution in [0.15, 0.2) is 0 Å². The van der Waals surface area contributed by atoms with Gasteiger partial charge in [0.2, 0.25) is 5.91 Å². The summed E-state index contributed by atoms with van der Waals surface area (Å²) < 4.78 is 0. The van der Waals surface area contributed by atoms with Crippen molar-refractivity contribution in [3.05, 3.63) is 0 Å². The Bertz CT molecular complexity index is 181. The maximum absolute atomic E-state index is 11.0. The van der Waals surface area contributed by atoms with Crippen molar-refractivity contribution >= 4 is 11.9 Å². The van der Waals surface area contributed by atoms with Crippen LogP contribution in [0.1, 0.15) is 13.3 Å². The number of nitrogens with one attached hydrogen (secondary N) is 2. The Hall–Kier alpha value is -1.30. The Morgan fingerprint density at radius 3 is 2.31 bits per heavy atom. The van der Waals surface area contributed by atoms with Crippen LogP contribution in [0.4, 0.5) is 4.79 Å². The molecule has 3 amide bonds. The van der Waals surface area contributed by atoms with Crippen molar-refractivity contribution in [2.75, 3.05) is 13.1 Å². The SMILES string of the molecule is CC(N)CC(=O)NCCNC(N)=O. The molecule has 1 unspecified atom stereocenters. The van der Waals surface area contributed by atoms with E-state index < -0.39 is 6.03 Å². The highest BCUT2D eigenvalue weighted by Crippen LogP contribution is 1.83. The first-order valence-electron chi connectivity index (χ1n) is 4.08. The van der Waals surface area contributed by atoms with Crippen molar-refractivity contribution in [3.63, 3.8) is 0 Å². The monoisotopic (exact) mass is 188 g/mol. The molecule has 0 aromatic heterocycles. The summed E-state index contributed by atoms with van der Waals surface area (Å²) in [4.78, 5) is 21.2. The minimum atomic E-state index is -0.596. The van der Waals surface area contributed by atoms with E-state index in [-0.39, 0.29) is 18.4 Å². The molecule has 0 spiro atoms. The summed E-state index contributed by atoms with van der Waals surface area (Å²) in [7, 11) is 0. The summed E-state index contributed by atoms with van der Waals surface area (Å²) >= 11 is 0. The van der Waals surface area contributed by atoms with Gasteiger partial charge in [0.1, 0.15) is 0 Å². The van der Waals surface area contributed by atoms with Gasteiger partial charge in [0.15, 0.2) is 0 Å². The predicted octanol–water partition coefficient (Wildman–Crippen LogP) is -1.49. The molecule has 0 aliphatic heterocycles. The fraction of sp³-hybridized carbons (Fsp3) is 0.714. The minimum Gasteiger partial charge on any atom is -0.354 e. The van der Waals surface area contributed by atoms with Gasteiger partial charge in [-0.25, -0.2) is 4.79 Å². The molecule has 0 aliphatic carbocycles. The van der Waals surface area contributed by atoms with Gasteiger partial charge in [0.05, 0.1) is 0 Å². The van der Waals surface area contributed by atoms with Gasteiger partial charge in [-0.1, -0.05) is 0 Å². The van der Waals surface area contributed by atoms with E-state index in [0.717, 1.165) is 0 Å². The third-order valence-corrected chi connectivity index (χ3v) is 1.25. The molecule has 6 nitrogen and oxygen atoms in total. The van der Waals surface area contributed by atoms with Gasteiger partial charge in [0.25, 0.3) is 0 Å². The van der Waals surface area contributed by atoms with E-state index in [1.807, 2.05) is 0 Å². The first kappa shape index (κ1) is 11.7. The van der Waals surface area contributed by atoms with Crippen molar-refractivity contribution in [3.8, 4) is 0 Å². The van der Waals surface area contributed by atoms with Crippen LogP contribution in [0.2, 0.25) is 0 Å². The van der Waals surface area contributed by atoms with E-state index in [9.17, 15) is 9.59 Å². The molecule has 0 saturated carbocycles. The quantitative estimate of drug-likeness (QED) is 0.394. The number of primary amides is 1. The van der Waals surface area contributed by atoms with Gasteiger partial charge in [-0.15, -0.1) is 0 Å². The summed E-state index contributed by atoms with van der Waals surface area (Å²) in [6.07, 6.45) is 0.288. The van der Waals surface area contributed by atoms with Gasteiger partial charge >= 0.3 is 6.03 Å². The molecule has 0 aromatic rings. The van der Waals surface area contributed by atoms with Crippen molar-refractivity contribution in [2.45, 2.75) is 19.4 Å². The molecule has 0 saturated heterocycles. The smallest absolute Gasteiger partial charge is 0.312 e. The highest BCUT2D eigenvalue weighted by molar-refractivity contribution is 5.76. The summed E-state index contributed by atoms with van der Waals surface area (Å²) in [5, 5.41) is 4.93. The lowest BCUT2D eigenvalue weighted by atomic mass is 10.2. The first-order valence-corrected chi connectivity index (χ1v) is 4.08. The number of carbonyl (C=O) groups excluding carboxylic acids is 2. The van der Waals surface area contributed by atoms with E-state index in [4.69, 9.17) is 11.5 Å². The van der Waals surface area contributed by atoms with Crippen LogP contribution in [0.3, 0.4) is 0 Å². The molecule has 0 rings (SSSR count). The normalized spacial score (nSPS) is 11.8. The van der Waals surface area contributed by atoms with Crippen LogP contribution in [0.5, 0.6) is 0 Å². The molecule has 13 heavy (non-hydrogen) atoms. The summed E-state index contributed by atoms with van der Waals surface area (Å²) in [6, 6.07) is -0.745. The Labute approximate surface area is 77.0 Å². The largest absolute Gasteiger partial charge is 0.354 e. The third-order valence-electron chi connectivity index (χ3n) is 1.25. The van der Waals surface area contributed by atoms with Crippen LogP contribution in [0.25, 0.3) is 0 Å². The molecular weight excluding hydrogens is 172 g/mol.